The van der Waals surface area contributed by atoms with Crippen LogP contribution in [0.4, 0.5) is 5.82 Å². The lowest BCUT2D eigenvalue weighted by molar-refractivity contribution is 0.823. The van der Waals surface area contributed by atoms with E-state index < -0.39 is 0 Å². The number of benzene rings is 1. The van der Waals surface area contributed by atoms with Crippen LogP contribution in [0.1, 0.15) is 36.6 Å². The third kappa shape index (κ3) is 2.99. The highest BCUT2D eigenvalue weighted by atomic mass is 15.2. The summed E-state index contributed by atoms with van der Waals surface area (Å²) in [5.41, 5.74) is 9.68. The molecule has 0 spiro atoms. The highest BCUT2D eigenvalue weighted by Gasteiger charge is 2.13. The lowest BCUT2D eigenvalue weighted by Gasteiger charge is -2.23. The quantitative estimate of drug-likeness (QED) is 0.905. The van der Waals surface area contributed by atoms with Gasteiger partial charge in [0.2, 0.25) is 0 Å². The van der Waals surface area contributed by atoms with Crippen molar-refractivity contribution in [2.45, 2.75) is 26.8 Å². The molecule has 0 aliphatic rings. The van der Waals surface area contributed by atoms with E-state index in [-0.39, 0.29) is 6.04 Å². The van der Waals surface area contributed by atoms with Crippen LogP contribution in [0.25, 0.3) is 0 Å². The molecule has 2 N–H and O–H groups in total. The number of aromatic nitrogens is 1. The van der Waals surface area contributed by atoms with Crippen molar-refractivity contribution in [2.75, 3.05) is 18.0 Å². The summed E-state index contributed by atoms with van der Waals surface area (Å²) in [5.74, 6) is 1.05. The van der Waals surface area contributed by atoms with E-state index in [1.54, 1.807) is 0 Å². The maximum Gasteiger partial charge on any atom is 0.131 e. The number of hydrogen-bond acceptors (Lipinski definition) is 3. The average Bonchev–Trinajstić information content (AvgIpc) is 2.50. The predicted octanol–water partition coefficient (Wildman–Crippen LogP) is 3.28. The van der Waals surface area contributed by atoms with Crippen molar-refractivity contribution in [3.05, 3.63) is 59.3 Å². The lowest BCUT2D eigenvalue weighted by Crippen LogP contribution is -2.24. The van der Waals surface area contributed by atoms with Crippen LogP contribution in [0.15, 0.2) is 42.6 Å². The van der Waals surface area contributed by atoms with Gasteiger partial charge in [-0.15, -0.1) is 0 Å². The van der Waals surface area contributed by atoms with E-state index in [0.29, 0.717) is 0 Å². The Hall–Kier alpha value is -1.87. The molecule has 20 heavy (non-hydrogen) atoms. The zero-order chi connectivity index (χ0) is 14.5. The number of nitrogens with zero attached hydrogens (tertiary/aromatic N) is 2. The molecule has 1 aromatic heterocycles. The molecule has 3 nitrogen and oxygen atoms in total. The van der Waals surface area contributed by atoms with Crippen molar-refractivity contribution in [1.29, 1.82) is 0 Å². The Labute approximate surface area is 121 Å². The van der Waals surface area contributed by atoms with Crippen LogP contribution in [-0.4, -0.2) is 18.1 Å². The minimum absolute atomic E-state index is 0.117. The summed E-state index contributed by atoms with van der Waals surface area (Å²) in [6, 6.07) is 12.2. The number of nitrogens with two attached hydrogens (primary N) is 1. The fourth-order valence-corrected chi connectivity index (χ4v) is 2.47. The summed E-state index contributed by atoms with van der Waals surface area (Å²) in [5, 5.41) is 0. The molecule has 1 atom stereocenters. The molecule has 0 bridgehead atoms. The van der Waals surface area contributed by atoms with Gasteiger partial charge in [0.15, 0.2) is 0 Å². The van der Waals surface area contributed by atoms with Crippen molar-refractivity contribution in [2.24, 2.45) is 5.73 Å². The Morgan fingerprint density at radius 3 is 2.30 bits per heavy atom. The van der Waals surface area contributed by atoms with E-state index >= 15 is 0 Å². The van der Waals surface area contributed by atoms with Crippen LogP contribution < -0.4 is 10.6 Å². The standard InChI is InChI=1S/C17H23N3/c1-4-20(5-2)17-13(3)11-15(12-19-17)16(18)14-9-7-6-8-10-14/h6-12,16H,4-5,18H2,1-3H3. The molecule has 0 fully saturated rings. The smallest absolute Gasteiger partial charge is 0.131 e. The summed E-state index contributed by atoms with van der Waals surface area (Å²) in [6.07, 6.45) is 1.90. The fraction of sp³-hybridized carbons (Fsp3) is 0.353. The van der Waals surface area contributed by atoms with E-state index in [4.69, 9.17) is 5.73 Å². The zero-order valence-electron chi connectivity index (χ0n) is 12.5. The predicted molar refractivity (Wildman–Crippen MR) is 85.0 cm³/mol. The van der Waals surface area contributed by atoms with Crippen LogP contribution in [0.5, 0.6) is 0 Å². The molecule has 3 heteroatoms. The molecule has 1 unspecified atom stereocenters. The van der Waals surface area contributed by atoms with Crippen LogP contribution >= 0.6 is 0 Å². The molecule has 0 saturated carbocycles. The Balaban J connectivity index is 2.29. The third-order valence-corrected chi connectivity index (χ3v) is 3.65. The minimum atomic E-state index is -0.117. The number of aryl methyl sites for hydroxylation is 1. The molecular formula is C17H23N3. The van der Waals surface area contributed by atoms with E-state index in [1.807, 2.05) is 24.4 Å². The molecule has 1 aromatic carbocycles. The third-order valence-electron chi connectivity index (χ3n) is 3.65. The van der Waals surface area contributed by atoms with Gasteiger partial charge in [-0.3, -0.25) is 0 Å². The number of pyridine rings is 1. The van der Waals surface area contributed by atoms with E-state index in [9.17, 15) is 0 Å². The number of hydrogen-bond donors (Lipinski definition) is 1. The first-order valence-corrected chi connectivity index (χ1v) is 7.19. The van der Waals surface area contributed by atoms with Crippen LogP contribution in [0, 0.1) is 6.92 Å². The van der Waals surface area contributed by atoms with E-state index in [0.717, 1.165) is 30.0 Å². The molecule has 0 radical (unpaired) electrons. The van der Waals surface area contributed by atoms with Gasteiger partial charge in [0.05, 0.1) is 6.04 Å². The first-order valence-electron chi connectivity index (χ1n) is 7.19. The number of rotatable bonds is 5. The van der Waals surface area contributed by atoms with Crippen molar-refractivity contribution < 1.29 is 0 Å². The minimum Gasteiger partial charge on any atom is -0.357 e. The molecule has 2 aromatic rings. The van der Waals surface area contributed by atoms with Gasteiger partial charge in [-0.05, 0) is 43.5 Å². The number of anilines is 1. The Kier molecular flexibility index (Phi) is 4.74. The molecule has 0 aliphatic carbocycles. The lowest BCUT2D eigenvalue weighted by atomic mass is 10.00. The Bertz CT molecular complexity index is 547. The summed E-state index contributed by atoms with van der Waals surface area (Å²) >= 11 is 0. The Morgan fingerprint density at radius 2 is 1.75 bits per heavy atom. The summed E-state index contributed by atoms with van der Waals surface area (Å²) in [6.45, 7) is 8.33. The highest BCUT2D eigenvalue weighted by Crippen LogP contribution is 2.23. The van der Waals surface area contributed by atoms with E-state index in [2.05, 4.69) is 48.9 Å². The second-order valence-corrected chi connectivity index (χ2v) is 4.97. The van der Waals surface area contributed by atoms with Gasteiger partial charge in [0.25, 0.3) is 0 Å². The normalized spacial score (nSPS) is 12.2. The first kappa shape index (κ1) is 14.5. The van der Waals surface area contributed by atoms with Gasteiger partial charge in [0, 0.05) is 19.3 Å². The molecule has 0 aliphatic heterocycles. The monoisotopic (exact) mass is 269 g/mol. The van der Waals surface area contributed by atoms with Gasteiger partial charge >= 0.3 is 0 Å². The van der Waals surface area contributed by atoms with Crippen molar-refractivity contribution in [1.82, 2.24) is 4.98 Å². The highest BCUT2D eigenvalue weighted by molar-refractivity contribution is 5.48. The van der Waals surface area contributed by atoms with Gasteiger partial charge in [-0.25, -0.2) is 4.98 Å². The van der Waals surface area contributed by atoms with Crippen molar-refractivity contribution >= 4 is 5.82 Å². The maximum absolute atomic E-state index is 6.32. The summed E-state index contributed by atoms with van der Waals surface area (Å²) in [7, 11) is 0. The topological polar surface area (TPSA) is 42.2 Å². The molecule has 2 rings (SSSR count). The van der Waals surface area contributed by atoms with Crippen molar-refractivity contribution in [3.63, 3.8) is 0 Å². The zero-order valence-corrected chi connectivity index (χ0v) is 12.5. The van der Waals surface area contributed by atoms with Gasteiger partial charge in [-0.1, -0.05) is 30.3 Å². The largest absolute Gasteiger partial charge is 0.357 e. The SMILES string of the molecule is CCN(CC)c1ncc(C(N)c2ccccc2)cc1C. The van der Waals surface area contributed by atoms with Gasteiger partial charge in [0.1, 0.15) is 5.82 Å². The first-order chi connectivity index (χ1) is 9.67. The van der Waals surface area contributed by atoms with E-state index in [1.165, 1.54) is 5.56 Å². The second-order valence-electron chi connectivity index (χ2n) is 4.97. The van der Waals surface area contributed by atoms with Crippen LogP contribution in [0.2, 0.25) is 0 Å². The van der Waals surface area contributed by atoms with Crippen molar-refractivity contribution in [3.8, 4) is 0 Å². The molecular weight excluding hydrogens is 246 g/mol. The molecule has 0 saturated heterocycles. The van der Waals surface area contributed by atoms with Crippen LogP contribution in [-0.2, 0) is 0 Å². The maximum atomic E-state index is 6.32. The summed E-state index contributed by atoms with van der Waals surface area (Å²) < 4.78 is 0. The Morgan fingerprint density at radius 1 is 1.10 bits per heavy atom. The summed E-state index contributed by atoms with van der Waals surface area (Å²) in [4.78, 5) is 6.87. The average molecular weight is 269 g/mol. The van der Waals surface area contributed by atoms with Gasteiger partial charge < -0.3 is 10.6 Å². The molecule has 1 heterocycles. The molecule has 106 valence electrons. The fourth-order valence-electron chi connectivity index (χ4n) is 2.47. The van der Waals surface area contributed by atoms with Gasteiger partial charge in [-0.2, -0.15) is 0 Å². The second kappa shape index (κ2) is 6.53. The van der Waals surface area contributed by atoms with Crippen LogP contribution in [0.3, 0.4) is 0 Å². The molecule has 0 amide bonds.